The number of anilines is 1. The number of nitrogens with one attached hydrogen (secondary N) is 2. The zero-order valence-corrected chi connectivity index (χ0v) is 23.8. The minimum atomic E-state index is -1.31. The topological polar surface area (TPSA) is 106 Å². The highest BCUT2D eigenvalue weighted by atomic mass is 32.2. The van der Waals surface area contributed by atoms with Crippen molar-refractivity contribution in [1.82, 2.24) is 9.88 Å². The molecule has 10 heteroatoms. The Morgan fingerprint density at radius 2 is 1.85 bits per heavy atom. The number of fused-ring (bicyclic) bond motifs is 1. The lowest BCUT2D eigenvalue weighted by molar-refractivity contribution is 0.0959. The lowest BCUT2D eigenvalue weighted by atomic mass is 10.1. The van der Waals surface area contributed by atoms with Gasteiger partial charge in [-0.2, -0.15) is 0 Å². The van der Waals surface area contributed by atoms with Crippen molar-refractivity contribution in [1.29, 1.82) is 0 Å². The zero-order valence-electron chi connectivity index (χ0n) is 22.1. The molecule has 4 aromatic rings. The van der Waals surface area contributed by atoms with Crippen LogP contribution < -0.4 is 20.2 Å². The molecular formula is C29H29N3O5S2. The largest absolute Gasteiger partial charge is 0.455 e. The number of hydrogen-bond donors (Lipinski definition) is 2. The summed E-state index contributed by atoms with van der Waals surface area (Å²) in [6.07, 6.45) is 2.53. The summed E-state index contributed by atoms with van der Waals surface area (Å²) in [4.78, 5) is 39.1. The van der Waals surface area contributed by atoms with Crippen LogP contribution >= 0.6 is 11.3 Å². The minimum absolute atomic E-state index is 0.0877. The number of ether oxygens (including phenoxy) is 1. The van der Waals surface area contributed by atoms with Crippen LogP contribution in [0, 0.1) is 13.8 Å². The monoisotopic (exact) mass is 563 g/mol. The Hall–Kier alpha value is -4.02. The molecule has 0 saturated heterocycles. The molecule has 2 aromatic carbocycles. The fourth-order valence-corrected chi connectivity index (χ4v) is 5.63. The van der Waals surface area contributed by atoms with E-state index in [1.54, 1.807) is 42.7 Å². The maximum Gasteiger partial charge on any atom is 0.261 e. The molecule has 2 aromatic heterocycles. The van der Waals surface area contributed by atoms with Gasteiger partial charge in [-0.1, -0.05) is 31.7 Å². The molecule has 8 nitrogen and oxygen atoms in total. The van der Waals surface area contributed by atoms with Gasteiger partial charge in [0.25, 0.3) is 5.91 Å². The number of allylic oxidation sites excluding steroid dienone is 1. The Morgan fingerprint density at radius 1 is 1.13 bits per heavy atom. The molecule has 0 fully saturated rings. The van der Waals surface area contributed by atoms with E-state index >= 15 is 0 Å². The van der Waals surface area contributed by atoms with Gasteiger partial charge in [-0.05, 0) is 62.2 Å². The summed E-state index contributed by atoms with van der Waals surface area (Å²) in [5.41, 5.74) is 2.77. The van der Waals surface area contributed by atoms with Crippen molar-refractivity contribution in [3.8, 4) is 17.2 Å². The van der Waals surface area contributed by atoms with Gasteiger partial charge < -0.3 is 19.3 Å². The number of aromatic nitrogens is 1. The fraction of sp³-hybridized carbons (Fsp3) is 0.207. The molecule has 0 aliphatic rings. The van der Waals surface area contributed by atoms with Gasteiger partial charge in [-0.15, -0.1) is 11.3 Å². The molecule has 1 unspecified atom stereocenters. The first-order valence-corrected chi connectivity index (χ1v) is 14.5. The highest BCUT2D eigenvalue weighted by Gasteiger charge is 2.22. The van der Waals surface area contributed by atoms with Crippen molar-refractivity contribution in [3.63, 3.8) is 0 Å². The van der Waals surface area contributed by atoms with E-state index < -0.39 is 22.2 Å². The Bertz CT molecular complexity index is 1670. The number of benzene rings is 2. The quantitative estimate of drug-likeness (QED) is 0.191. The number of hydrogen-bond acceptors (Lipinski definition) is 6. The second kappa shape index (κ2) is 11.8. The van der Waals surface area contributed by atoms with E-state index in [0.29, 0.717) is 45.6 Å². The molecule has 0 aliphatic heterocycles. The highest BCUT2D eigenvalue weighted by Crippen LogP contribution is 2.36. The first-order valence-electron chi connectivity index (χ1n) is 12.4. The standard InChI is InChI=1S/C29H29N3O5S2/c1-6-23(33)20-16-32(22-15-25(29(35)30-7-2)38-28(22)26(20)34)21-14-19(31-39(36)8-3)12-13-24(21)37-27-17(4)10-9-11-18(27)5/h6,9-16,31H,1,7-8H2,2-5H3,(H,30,35). The average molecular weight is 564 g/mol. The van der Waals surface area contributed by atoms with Crippen molar-refractivity contribution < 1.29 is 18.5 Å². The third-order valence-electron chi connectivity index (χ3n) is 6.03. The van der Waals surface area contributed by atoms with Crippen molar-refractivity contribution in [3.05, 3.63) is 93.1 Å². The Kier molecular flexibility index (Phi) is 8.47. The van der Waals surface area contributed by atoms with Gasteiger partial charge in [0.2, 0.25) is 5.43 Å². The third kappa shape index (κ3) is 5.71. The number of thiophene rings is 1. The van der Waals surface area contributed by atoms with Crippen molar-refractivity contribution >= 4 is 49.9 Å². The fourth-order valence-electron chi connectivity index (χ4n) is 4.08. The van der Waals surface area contributed by atoms with Gasteiger partial charge in [-0.3, -0.25) is 14.4 Å². The molecule has 2 N–H and O–H groups in total. The Balaban J connectivity index is 2.04. The average Bonchev–Trinajstić information content (AvgIpc) is 3.38. The van der Waals surface area contributed by atoms with Gasteiger partial charge in [0.05, 0.1) is 21.6 Å². The lowest BCUT2D eigenvalue weighted by Crippen LogP contribution is -2.21. The zero-order chi connectivity index (χ0) is 28.3. The molecule has 0 aliphatic carbocycles. The van der Waals surface area contributed by atoms with E-state index in [2.05, 4.69) is 16.6 Å². The summed E-state index contributed by atoms with van der Waals surface area (Å²) in [7, 11) is -1.31. The second-order valence-electron chi connectivity index (χ2n) is 8.74. The molecule has 2 heterocycles. The van der Waals surface area contributed by atoms with Crippen molar-refractivity contribution in [2.24, 2.45) is 0 Å². The number of aryl methyl sites for hydroxylation is 2. The summed E-state index contributed by atoms with van der Waals surface area (Å²) >= 11 is 1.02. The van der Waals surface area contributed by atoms with E-state index in [4.69, 9.17) is 4.74 Å². The predicted octanol–water partition coefficient (Wildman–Crippen LogP) is 5.68. The van der Waals surface area contributed by atoms with Crippen LogP contribution in [0.1, 0.15) is 45.0 Å². The van der Waals surface area contributed by atoms with Gasteiger partial charge in [0, 0.05) is 24.2 Å². The Morgan fingerprint density at radius 3 is 2.49 bits per heavy atom. The molecule has 202 valence electrons. The van der Waals surface area contributed by atoms with Gasteiger partial charge in [0.15, 0.2) is 11.5 Å². The number of pyridine rings is 1. The molecule has 4 rings (SSSR count). The predicted molar refractivity (Wildman–Crippen MR) is 158 cm³/mol. The maximum absolute atomic E-state index is 13.3. The van der Waals surface area contributed by atoms with E-state index in [9.17, 15) is 18.6 Å². The van der Waals surface area contributed by atoms with Crippen LogP contribution in [-0.2, 0) is 11.0 Å². The number of carbonyl (C=O) groups is 2. The summed E-state index contributed by atoms with van der Waals surface area (Å²) in [6, 6.07) is 12.7. The van der Waals surface area contributed by atoms with Gasteiger partial charge in [-0.25, -0.2) is 4.21 Å². The lowest BCUT2D eigenvalue weighted by Gasteiger charge is -2.19. The SMILES string of the molecule is C=CC(=O)c1cn(-c2cc(NS(=O)CC)ccc2Oc2c(C)cccc2C)c2cc(C(=O)NCC)sc2c1=O. The van der Waals surface area contributed by atoms with Crippen LogP contribution in [0.3, 0.4) is 0 Å². The second-order valence-corrected chi connectivity index (χ2v) is 11.3. The maximum atomic E-state index is 13.3. The number of ketones is 1. The molecular weight excluding hydrogens is 534 g/mol. The molecule has 1 amide bonds. The molecule has 0 radical (unpaired) electrons. The van der Waals surface area contributed by atoms with E-state index in [-0.39, 0.29) is 16.2 Å². The van der Waals surface area contributed by atoms with Gasteiger partial charge in [0.1, 0.15) is 21.4 Å². The van der Waals surface area contributed by atoms with Crippen LogP contribution in [0.25, 0.3) is 15.9 Å². The normalized spacial score (nSPS) is 11.7. The number of amides is 1. The van der Waals surface area contributed by atoms with E-state index in [0.717, 1.165) is 28.5 Å². The van der Waals surface area contributed by atoms with E-state index in [1.807, 2.05) is 32.0 Å². The van der Waals surface area contributed by atoms with Crippen LogP contribution in [0.4, 0.5) is 5.69 Å². The Labute approximate surface area is 232 Å². The first-order chi connectivity index (χ1) is 18.7. The molecule has 1 atom stereocenters. The first kappa shape index (κ1) is 28.0. The molecule has 0 saturated carbocycles. The van der Waals surface area contributed by atoms with Crippen LogP contribution in [0.5, 0.6) is 11.5 Å². The van der Waals surface area contributed by atoms with Gasteiger partial charge >= 0.3 is 0 Å². The summed E-state index contributed by atoms with van der Waals surface area (Å²) < 4.78 is 23.6. The number of carbonyl (C=O) groups excluding carboxylic acids is 2. The highest BCUT2D eigenvalue weighted by molar-refractivity contribution is 7.86. The van der Waals surface area contributed by atoms with Crippen LogP contribution in [0.15, 0.2) is 66.1 Å². The number of nitrogens with zero attached hydrogens (tertiary/aromatic N) is 1. The third-order valence-corrected chi connectivity index (χ3v) is 8.14. The summed E-state index contributed by atoms with van der Waals surface area (Å²) in [6.45, 7) is 11.5. The molecule has 39 heavy (non-hydrogen) atoms. The smallest absolute Gasteiger partial charge is 0.261 e. The number of para-hydroxylation sites is 1. The summed E-state index contributed by atoms with van der Waals surface area (Å²) in [5, 5.41) is 2.75. The van der Waals surface area contributed by atoms with Crippen LogP contribution in [0.2, 0.25) is 0 Å². The molecule has 0 bridgehead atoms. The number of rotatable bonds is 10. The summed E-state index contributed by atoms with van der Waals surface area (Å²) in [5.74, 6) is 0.651. The van der Waals surface area contributed by atoms with Crippen LogP contribution in [-0.4, -0.2) is 32.8 Å². The van der Waals surface area contributed by atoms with E-state index in [1.165, 1.54) is 6.20 Å². The molecule has 0 spiro atoms. The minimum Gasteiger partial charge on any atom is -0.455 e. The van der Waals surface area contributed by atoms with Crippen molar-refractivity contribution in [2.75, 3.05) is 17.0 Å². The van der Waals surface area contributed by atoms with Crippen molar-refractivity contribution in [2.45, 2.75) is 27.7 Å².